The van der Waals surface area contributed by atoms with Gasteiger partial charge in [-0.2, -0.15) is 0 Å². The molecule has 0 spiro atoms. The Kier molecular flexibility index (Phi) is 6.03. The van der Waals surface area contributed by atoms with Gasteiger partial charge in [0.15, 0.2) is 0 Å². The summed E-state index contributed by atoms with van der Waals surface area (Å²) in [5.74, 6) is -2.56. The minimum atomic E-state index is -1.19. The molecule has 0 aromatic carbocycles. The fraction of sp³-hybridized carbons (Fsp3) is 0.625. The van der Waals surface area contributed by atoms with Crippen molar-refractivity contribution in [1.82, 2.24) is 5.32 Å². The molecular formula is C8H14N2O5. The first kappa shape index (κ1) is 13.4. The highest BCUT2D eigenvalue weighted by molar-refractivity contribution is 5.78. The standard InChI is InChI=1S/C8H14N2O5/c9-5(8(14)15)4-10-6(11)2-1-3-7(12)13/h5H,1-4,9H2,(H,10,11)(H,12,13)(H,14,15)/t5-/m0/s1. The largest absolute Gasteiger partial charge is 0.481 e. The average molecular weight is 218 g/mol. The molecule has 0 fully saturated rings. The summed E-state index contributed by atoms with van der Waals surface area (Å²) in [5, 5.41) is 19.0. The van der Waals surface area contributed by atoms with Crippen LogP contribution in [0.1, 0.15) is 19.3 Å². The third-order valence-corrected chi connectivity index (χ3v) is 1.63. The van der Waals surface area contributed by atoms with E-state index in [1.165, 1.54) is 0 Å². The summed E-state index contributed by atoms with van der Waals surface area (Å²) in [5.41, 5.74) is 5.13. The van der Waals surface area contributed by atoms with Gasteiger partial charge in [-0.3, -0.25) is 14.4 Å². The minimum Gasteiger partial charge on any atom is -0.481 e. The van der Waals surface area contributed by atoms with Crippen LogP contribution >= 0.6 is 0 Å². The van der Waals surface area contributed by atoms with Gasteiger partial charge in [0.05, 0.1) is 0 Å². The van der Waals surface area contributed by atoms with Gasteiger partial charge in [-0.25, -0.2) is 0 Å². The third-order valence-electron chi connectivity index (χ3n) is 1.63. The fourth-order valence-electron chi connectivity index (χ4n) is 0.800. The van der Waals surface area contributed by atoms with Gasteiger partial charge in [-0.15, -0.1) is 0 Å². The van der Waals surface area contributed by atoms with E-state index in [-0.39, 0.29) is 25.8 Å². The molecule has 7 nitrogen and oxygen atoms in total. The van der Waals surface area contributed by atoms with Crippen molar-refractivity contribution >= 4 is 17.8 Å². The van der Waals surface area contributed by atoms with Crippen molar-refractivity contribution in [3.05, 3.63) is 0 Å². The van der Waals surface area contributed by atoms with Crippen LogP contribution in [0.5, 0.6) is 0 Å². The molecule has 0 aliphatic carbocycles. The van der Waals surface area contributed by atoms with Crippen molar-refractivity contribution in [1.29, 1.82) is 0 Å². The van der Waals surface area contributed by atoms with Crippen LogP contribution in [0.2, 0.25) is 0 Å². The normalized spacial score (nSPS) is 11.8. The number of rotatable bonds is 7. The Hall–Kier alpha value is -1.63. The van der Waals surface area contributed by atoms with E-state index in [1.807, 2.05) is 0 Å². The van der Waals surface area contributed by atoms with Crippen molar-refractivity contribution in [3.8, 4) is 0 Å². The van der Waals surface area contributed by atoms with Crippen molar-refractivity contribution in [2.45, 2.75) is 25.3 Å². The van der Waals surface area contributed by atoms with Gasteiger partial charge < -0.3 is 21.3 Å². The molecule has 0 rings (SSSR count). The van der Waals surface area contributed by atoms with Gasteiger partial charge in [0.1, 0.15) is 6.04 Å². The Morgan fingerprint density at radius 2 is 1.80 bits per heavy atom. The van der Waals surface area contributed by atoms with E-state index in [0.29, 0.717) is 0 Å². The summed E-state index contributed by atoms with van der Waals surface area (Å²) in [7, 11) is 0. The van der Waals surface area contributed by atoms with Crippen molar-refractivity contribution < 1.29 is 24.6 Å². The molecule has 0 aliphatic heterocycles. The highest BCUT2D eigenvalue weighted by atomic mass is 16.4. The predicted molar refractivity (Wildman–Crippen MR) is 50.1 cm³/mol. The first-order chi connectivity index (χ1) is 6.93. The van der Waals surface area contributed by atoms with Crippen LogP contribution in [0.4, 0.5) is 0 Å². The molecule has 0 aliphatic rings. The number of amides is 1. The minimum absolute atomic E-state index is 0.0542. The topological polar surface area (TPSA) is 130 Å². The molecule has 5 N–H and O–H groups in total. The SMILES string of the molecule is N[C@@H](CNC(=O)CCCC(=O)O)C(=O)O. The molecule has 0 aromatic rings. The molecular weight excluding hydrogens is 204 g/mol. The van der Waals surface area contributed by atoms with Crippen LogP contribution in [-0.4, -0.2) is 40.6 Å². The molecule has 15 heavy (non-hydrogen) atoms. The molecule has 0 aromatic heterocycles. The van der Waals surface area contributed by atoms with Gasteiger partial charge in [0, 0.05) is 19.4 Å². The van der Waals surface area contributed by atoms with E-state index >= 15 is 0 Å². The number of aliphatic carboxylic acids is 2. The molecule has 0 saturated carbocycles. The highest BCUT2D eigenvalue weighted by Crippen LogP contribution is 1.94. The van der Waals surface area contributed by atoms with Crippen LogP contribution in [0.15, 0.2) is 0 Å². The Morgan fingerprint density at radius 1 is 1.20 bits per heavy atom. The van der Waals surface area contributed by atoms with Crippen LogP contribution in [0.25, 0.3) is 0 Å². The summed E-state index contributed by atoms with van der Waals surface area (Å²) in [6, 6.07) is -1.13. The molecule has 0 unspecified atom stereocenters. The first-order valence-corrected chi connectivity index (χ1v) is 4.40. The Labute approximate surface area is 86.3 Å². The number of nitrogens with one attached hydrogen (secondary N) is 1. The number of nitrogens with two attached hydrogens (primary N) is 1. The molecule has 0 bridgehead atoms. The number of carboxylic acids is 2. The van der Waals surface area contributed by atoms with Gasteiger partial charge in [0.2, 0.25) is 5.91 Å². The number of carbonyl (C=O) groups is 3. The lowest BCUT2D eigenvalue weighted by Crippen LogP contribution is -2.42. The van der Waals surface area contributed by atoms with E-state index in [1.54, 1.807) is 0 Å². The van der Waals surface area contributed by atoms with Gasteiger partial charge in [-0.1, -0.05) is 0 Å². The van der Waals surface area contributed by atoms with E-state index in [0.717, 1.165) is 0 Å². The maximum Gasteiger partial charge on any atom is 0.322 e. The van der Waals surface area contributed by atoms with Crippen LogP contribution in [0, 0.1) is 0 Å². The first-order valence-electron chi connectivity index (χ1n) is 4.40. The summed E-state index contributed by atoms with van der Waals surface area (Å²) in [4.78, 5) is 31.4. The summed E-state index contributed by atoms with van der Waals surface area (Å²) >= 11 is 0. The van der Waals surface area contributed by atoms with Crippen LogP contribution < -0.4 is 11.1 Å². The average Bonchev–Trinajstić information content (AvgIpc) is 2.13. The fourth-order valence-corrected chi connectivity index (χ4v) is 0.800. The molecule has 7 heteroatoms. The number of hydrogen-bond acceptors (Lipinski definition) is 4. The Bertz CT molecular complexity index is 253. The highest BCUT2D eigenvalue weighted by Gasteiger charge is 2.12. The molecule has 0 saturated heterocycles. The zero-order valence-corrected chi connectivity index (χ0v) is 8.10. The second-order valence-corrected chi connectivity index (χ2v) is 3.00. The van der Waals surface area contributed by atoms with Crippen molar-refractivity contribution in [3.63, 3.8) is 0 Å². The smallest absolute Gasteiger partial charge is 0.322 e. The van der Waals surface area contributed by atoms with Gasteiger partial charge >= 0.3 is 11.9 Å². The van der Waals surface area contributed by atoms with Crippen molar-refractivity contribution in [2.75, 3.05) is 6.54 Å². The lowest BCUT2D eigenvalue weighted by molar-refractivity contribution is -0.138. The lowest BCUT2D eigenvalue weighted by Gasteiger charge is -2.07. The third kappa shape index (κ3) is 7.44. The maximum absolute atomic E-state index is 11.0. The van der Waals surface area contributed by atoms with E-state index in [9.17, 15) is 14.4 Å². The second kappa shape index (κ2) is 6.77. The second-order valence-electron chi connectivity index (χ2n) is 3.00. The van der Waals surface area contributed by atoms with Gasteiger partial charge in [-0.05, 0) is 6.42 Å². The Balaban J connectivity index is 3.57. The van der Waals surface area contributed by atoms with Crippen molar-refractivity contribution in [2.24, 2.45) is 5.73 Å². The van der Waals surface area contributed by atoms with E-state index < -0.39 is 23.9 Å². The molecule has 0 radical (unpaired) electrons. The zero-order valence-electron chi connectivity index (χ0n) is 8.10. The van der Waals surface area contributed by atoms with Crippen LogP contribution in [-0.2, 0) is 14.4 Å². The number of carboxylic acid groups (broad SMARTS) is 2. The molecule has 0 heterocycles. The quantitative estimate of drug-likeness (QED) is 0.423. The maximum atomic E-state index is 11.0. The van der Waals surface area contributed by atoms with Crippen LogP contribution in [0.3, 0.4) is 0 Å². The summed E-state index contributed by atoms with van der Waals surface area (Å²) in [6.07, 6.45) is 0.195. The van der Waals surface area contributed by atoms with E-state index in [4.69, 9.17) is 15.9 Å². The zero-order chi connectivity index (χ0) is 11.8. The lowest BCUT2D eigenvalue weighted by atomic mass is 10.2. The molecule has 86 valence electrons. The summed E-state index contributed by atoms with van der Waals surface area (Å²) < 4.78 is 0. The van der Waals surface area contributed by atoms with Gasteiger partial charge in [0.25, 0.3) is 0 Å². The Morgan fingerprint density at radius 3 is 2.27 bits per heavy atom. The summed E-state index contributed by atoms with van der Waals surface area (Å²) in [6.45, 7) is -0.152. The molecule has 1 amide bonds. The van der Waals surface area contributed by atoms with E-state index in [2.05, 4.69) is 5.32 Å². The number of carbonyl (C=O) groups excluding carboxylic acids is 1. The predicted octanol–water partition coefficient (Wildman–Crippen LogP) is -1.23. The molecule has 1 atom stereocenters. The number of hydrogen-bond donors (Lipinski definition) is 4. The monoisotopic (exact) mass is 218 g/mol.